The van der Waals surface area contributed by atoms with E-state index in [4.69, 9.17) is 21.1 Å². The summed E-state index contributed by atoms with van der Waals surface area (Å²) >= 11 is 5.90. The molecule has 0 unspecified atom stereocenters. The SMILES string of the molecule is COCCNC(=O)C(=O)NN=C(C)CC(=O)Nc1cc(Cl)ccc1OC. The van der Waals surface area contributed by atoms with Gasteiger partial charge in [0.25, 0.3) is 0 Å². The Kier molecular flexibility index (Phi) is 9.10. The normalized spacial score (nSPS) is 10.8. The highest BCUT2D eigenvalue weighted by Gasteiger charge is 2.13. The second-order valence-corrected chi connectivity index (χ2v) is 5.54. The van der Waals surface area contributed by atoms with E-state index in [2.05, 4.69) is 21.2 Å². The van der Waals surface area contributed by atoms with Crippen molar-refractivity contribution in [3.05, 3.63) is 23.2 Å². The van der Waals surface area contributed by atoms with E-state index in [1.807, 2.05) is 0 Å². The number of anilines is 1. The van der Waals surface area contributed by atoms with Crippen LogP contribution in [0.4, 0.5) is 5.69 Å². The zero-order chi connectivity index (χ0) is 19.5. The minimum atomic E-state index is -0.933. The summed E-state index contributed by atoms with van der Waals surface area (Å²) in [6.45, 7) is 2.03. The molecule has 1 aromatic carbocycles. The number of ether oxygens (including phenoxy) is 2. The van der Waals surface area contributed by atoms with Gasteiger partial charge in [-0.3, -0.25) is 14.4 Å². The van der Waals surface area contributed by atoms with E-state index >= 15 is 0 Å². The number of carbonyl (C=O) groups is 3. The summed E-state index contributed by atoms with van der Waals surface area (Å²) in [7, 11) is 2.95. The van der Waals surface area contributed by atoms with Gasteiger partial charge >= 0.3 is 11.8 Å². The van der Waals surface area contributed by atoms with Crippen LogP contribution in [0, 0.1) is 0 Å². The van der Waals surface area contributed by atoms with Gasteiger partial charge in [-0.05, 0) is 25.1 Å². The van der Waals surface area contributed by atoms with Crippen LogP contribution in [0.1, 0.15) is 13.3 Å². The Labute approximate surface area is 156 Å². The molecule has 0 heterocycles. The fraction of sp³-hybridized carbons (Fsp3) is 0.375. The molecule has 0 aliphatic heterocycles. The van der Waals surface area contributed by atoms with E-state index in [1.54, 1.807) is 18.2 Å². The van der Waals surface area contributed by atoms with Gasteiger partial charge in [-0.2, -0.15) is 5.10 Å². The third kappa shape index (κ3) is 7.49. The van der Waals surface area contributed by atoms with Crippen LogP contribution < -0.4 is 20.8 Å². The molecular weight excluding hydrogens is 364 g/mol. The number of hydrazone groups is 1. The third-order valence-electron chi connectivity index (χ3n) is 3.00. The molecule has 1 aromatic rings. The molecule has 1 rings (SSSR count). The predicted molar refractivity (Wildman–Crippen MR) is 97.4 cm³/mol. The van der Waals surface area contributed by atoms with Crippen molar-refractivity contribution in [3.8, 4) is 5.75 Å². The number of nitrogens with one attached hydrogen (secondary N) is 3. The van der Waals surface area contributed by atoms with E-state index in [9.17, 15) is 14.4 Å². The molecule has 26 heavy (non-hydrogen) atoms. The van der Waals surface area contributed by atoms with Crippen LogP contribution in [-0.2, 0) is 19.1 Å². The summed E-state index contributed by atoms with van der Waals surface area (Å²) in [4.78, 5) is 35.0. The van der Waals surface area contributed by atoms with Gasteiger partial charge in [0.15, 0.2) is 0 Å². The molecule has 9 nitrogen and oxygen atoms in total. The molecule has 0 aliphatic carbocycles. The van der Waals surface area contributed by atoms with Crippen LogP contribution in [-0.4, -0.2) is 50.8 Å². The molecule has 0 saturated heterocycles. The van der Waals surface area contributed by atoms with Gasteiger partial charge < -0.3 is 20.1 Å². The Morgan fingerprint density at radius 1 is 1.19 bits per heavy atom. The van der Waals surface area contributed by atoms with Gasteiger partial charge in [0, 0.05) is 24.4 Å². The Morgan fingerprint density at radius 3 is 2.58 bits per heavy atom. The van der Waals surface area contributed by atoms with Gasteiger partial charge in [-0.25, -0.2) is 5.43 Å². The maximum Gasteiger partial charge on any atom is 0.329 e. The molecular formula is C16H21ClN4O5. The molecule has 0 fully saturated rings. The molecule has 142 valence electrons. The molecule has 0 aromatic heterocycles. The predicted octanol–water partition coefficient (Wildman–Crippen LogP) is 0.932. The van der Waals surface area contributed by atoms with Crippen LogP contribution in [0.3, 0.4) is 0 Å². The molecule has 0 aliphatic rings. The number of nitrogens with zero attached hydrogens (tertiary/aromatic N) is 1. The van der Waals surface area contributed by atoms with Crippen molar-refractivity contribution >= 4 is 40.7 Å². The number of rotatable bonds is 8. The first-order valence-electron chi connectivity index (χ1n) is 7.61. The van der Waals surface area contributed by atoms with E-state index in [0.717, 1.165) is 0 Å². The van der Waals surface area contributed by atoms with E-state index < -0.39 is 11.8 Å². The van der Waals surface area contributed by atoms with Crippen molar-refractivity contribution in [2.75, 3.05) is 32.7 Å². The van der Waals surface area contributed by atoms with Crippen molar-refractivity contribution < 1.29 is 23.9 Å². The van der Waals surface area contributed by atoms with E-state index in [1.165, 1.54) is 21.1 Å². The van der Waals surface area contributed by atoms with E-state index in [0.29, 0.717) is 22.2 Å². The van der Waals surface area contributed by atoms with Crippen molar-refractivity contribution in [1.29, 1.82) is 0 Å². The van der Waals surface area contributed by atoms with Gasteiger partial charge in [0.1, 0.15) is 5.75 Å². The largest absolute Gasteiger partial charge is 0.495 e. The van der Waals surface area contributed by atoms with Crippen molar-refractivity contribution in [2.24, 2.45) is 5.10 Å². The second-order valence-electron chi connectivity index (χ2n) is 5.11. The number of amides is 3. The first kappa shape index (κ1) is 21.4. The van der Waals surface area contributed by atoms with Crippen LogP contribution in [0.5, 0.6) is 5.75 Å². The summed E-state index contributed by atoms with van der Waals surface area (Å²) in [5.41, 5.74) is 2.80. The lowest BCUT2D eigenvalue weighted by Gasteiger charge is -2.10. The molecule has 0 saturated carbocycles. The maximum atomic E-state index is 12.1. The number of hydrogen-bond donors (Lipinski definition) is 3. The minimum Gasteiger partial charge on any atom is -0.495 e. The summed E-state index contributed by atoms with van der Waals surface area (Å²) in [5, 5.41) is 9.16. The summed E-state index contributed by atoms with van der Waals surface area (Å²) in [6.07, 6.45) is -0.0960. The molecule has 3 amide bonds. The molecule has 0 bridgehead atoms. The number of hydrogen-bond acceptors (Lipinski definition) is 6. The third-order valence-corrected chi connectivity index (χ3v) is 3.23. The summed E-state index contributed by atoms with van der Waals surface area (Å²) in [5.74, 6) is -1.70. The van der Waals surface area contributed by atoms with Crippen molar-refractivity contribution in [2.45, 2.75) is 13.3 Å². The quantitative estimate of drug-likeness (QED) is 0.267. The molecule has 0 radical (unpaired) electrons. The lowest BCUT2D eigenvalue weighted by Crippen LogP contribution is -2.39. The first-order valence-corrected chi connectivity index (χ1v) is 7.98. The average molecular weight is 385 g/mol. The Bertz CT molecular complexity index is 693. The standard InChI is InChI=1S/C16H21ClN4O5/c1-10(20-21-16(24)15(23)18-6-7-25-2)8-14(22)19-12-9-11(17)4-5-13(12)26-3/h4-5,9H,6-8H2,1-3H3,(H,18,23)(H,19,22)(H,21,24). The monoisotopic (exact) mass is 384 g/mol. The molecule has 3 N–H and O–H groups in total. The topological polar surface area (TPSA) is 118 Å². The van der Waals surface area contributed by atoms with Crippen molar-refractivity contribution in [3.63, 3.8) is 0 Å². The molecule has 10 heteroatoms. The van der Waals surface area contributed by atoms with Crippen LogP contribution in [0.15, 0.2) is 23.3 Å². The van der Waals surface area contributed by atoms with Gasteiger partial charge in [0.05, 0.1) is 25.8 Å². The van der Waals surface area contributed by atoms with Gasteiger partial charge in [-0.1, -0.05) is 11.6 Å². The van der Waals surface area contributed by atoms with Gasteiger partial charge in [-0.15, -0.1) is 0 Å². The molecule has 0 spiro atoms. The number of benzene rings is 1. The van der Waals surface area contributed by atoms with Crippen molar-refractivity contribution in [1.82, 2.24) is 10.7 Å². The number of methoxy groups -OCH3 is 2. The second kappa shape index (κ2) is 11.1. The fourth-order valence-corrected chi connectivity index (χ4v) is 1.96. The van der Waals surface area contributed by atoms with Crippen LogP contribution >= 0.6 is 11.6 Å². The lowest BCUT2D eigenvalue weighted by molar-refractivity contribution is -0.139. The highest BCUT2D eigenvalue weighted by molar-refractivity contribution is 6.35. The molecule has 0 atom stereocenters. The van der Waals surface area contributed by atoms with E-state index in [-0.39, 0.29) is 25.5 Å². The summed E-state index contributed by atoms with van der Waals surface area (Å²) in [6, 6.07) is 4.81. The zero-order valence-electron chi connectivity index (χ0n) is 14.7. The Hall–Kier alpha value is -2.65. The Balaban J connectivity index is 2.53. The zero-order valence-corrected chi connectivity index (χ0v) is 15.5. The minimum absolute atomic E-state index is 0.0960. The maximum absolute atomic E-state index is 12.1. The highest BCUT2D eigenvalue weighted by atomic mass is 35.5. The smallest absolute Gasteiger partial charge is 0.329 e. The lowest BCUT2D eigenvalue weighted by atomic mass is 10.2. The number of carbonyl (C=O) groups excluding carboxylic acids is 3. The van der Waals surface area contributed by atoms with Crippen LogP contribution in [0.2, 0.25) is 5.02 Å². The average Bonchev–Trinajstić information content (AvgIpc) is 2.59. The fourth-order valence-electron chi connectivity index (χ4n) is 1.79. The van der Waals surface area contributed by atoms with Crippen LogP contribution in [0.25, 0.3) is 0 Å². The first-order chi connectivity index (χ1) is 12.4. The number of halogens is 1. The summed E-state index contributed by atoms with van der Waals surface area (Å²) < 4.78 is 9.89. The Morgan fingerprint density at radius 2 is 1.92 bits per heavy atom. The van der Waals surface area contributed by atoms with Gasteiger partial charge in [0.2, 0.25) is 5.91 Å². The highest BCUT2D eigenvalue weighted by Crippen LogP contribution is 2.27.